The SMILES string of the molecule is CNCCCN(C)S(=O)(=O)N(CC1CC1)C1CC1. The van der Waals surface area contributed by atoms with Gasteiger partial charge >= 0.3 is 0 Å². The molecule has 0 heterocycles. The van der Waals surface area contributed by atoms with Crippen LogP contribution >= 0.6 is 0 Å². The summed E-state index contributed by atoms with van der Waals surface area (Å²) >= 11 is 0. The van der Waals surface area contributed by atoms with Gasteiger partial charge in [0.05, 0.1) is 0 Å². The van der Waals surface area contributed by atoms with E-state index in [1.807, 2.05) is 7.05 Å². The zero-order valence-electron chi connectivity index (χ0n) is 11.4. The Morgan fingerprint density at radius 2 is 1.89 bits per heavy atom. The molecule has 0 atom stereocenters. The molecular formula is C12H25N3O2S. The van der Waals surface area contributed by atoms with Crippen LogP contribution in [0.4, 0.5) is 0 Å². The van der Waals surface area contributed by atoms with Crippen molar-refractivity contribution in [1.29, 1.82) is 0 Å². The van der Waals surface area contributed by atoms with Gasteiger partial charge in [0.25, 0.3) is 10.2 Å². The van der Waals surface area contributed by atoms with Crippen molar-refractivity contribution in [3.63, 3.8) is 0 Å². The first-order valence-corrected chi connectivity index (χ1v) is 8.33. The number of rotatable bonds is 9. The number of hydrogen-bond donors (Lipinski definition) is 1. The van der Waals surface area contributed by atoms with Crippen LogP contribution in [-0.4, -0.2) is 56.8 Å². The Balaban J connectivity index is 1.92. The molecule has 0 aromatic rings. The monoisotopic (exact) mass is 275 g/mol. The van der Waals surface area contributed by atoms with Crippen LogP contribution in [0.1, 0.15) is 32.1 Å². The van der Waals surface area contributed by atoms with E-state index in [0.717, 1.165) is 32.4 Å². The third-order valence-electron chi connectivity index (χ3n) is 3.68. The number of hydrogen-bond acceptors (Lipinski definition) is 3. The first kappa shape index (κ1) is 14.2. The minimum Gasteiger partial charge on any atom is -0.320 e. The predicted molar refractivity (Wildman–Crippen MR) is 72.5 cm³/mol. The topological polar surface area (TPSA) is 52.7 Å². The molecule has 0 aromatic carbocycles. The van der Waals surface area contributed by atoms with Gasteiger partial charge in [0, 0.05) is 26.2 Å². The lowest BCUT2D eigenvalue weighted by atomic mass is 10.4. The summed E-state index contributed by atoms with van der Waals surface area (Å²) in [6, 6.07) is 0.280. The molecule has 0 unspecified atom stereocenters. The Hall–Kier alpha value is -0.170. The van der Waals surface area contributed by atoms with Gasteiger partial charge in [-0.05, 0) is 51.6 Å². The van der Waals surface area contributed by atoms with Gasteiger partial charge in [-0.15, -0.1) is 0 Å². The van der Waals surface area contributed by atoms with Crippen LogP contribution in [0.25, 0.3) is 0 Å². The fraction of sp³-hybridized carbons (Fsp3) is 1.00. The average molecular weight is 275 g/mol. The second-order valence-corrected chi connectivity index (χ2v) is 7.52. The number of nitrogens with one attached hydrogen (secondary N) is 1. The molecule has 0 aliphatic heterocycles. The molecule has 6 heteroatoms. The fourth-order valence-electron chi connectivity index (χ4n) is 2.12. The molecule has 1 N–H and O–H groups in total. The van der Waals surface area contributed by atoms with Gasteiger partial charge in [0.2, 0.25) is 0 Å². The standard InChI is InChI=1S/C12H25N3O2S/c1-13-8-3-9-14(2)18(16,17)15(12-6-7-12)10-11-4-5-11/h11-13H,3-10H2,1-2H3. The summed E-state index contributed by atoms with van der Waals surface area (Å²) in [5.74, 6) is 0.617. The molecule has 18 heavy (non-hydrogen) atoms. The van der Waals surface area contributed by atoms with Crippen LogP contribution in [0.3, 0.4) is 0 Å². The first-order chi connectivity index (χ1) is 8.55. The average Bonchev–Trinajstić information content (AvgIpc) is 3.17. The Morgan fingerprint density at radius 1 is 1.22 bits per heavy atom. The molecule has 2 aliphatic rings. The Kier molecular flexibility index (Phi) is 4.64. The third kappa shape index (κ3) is 3.66. The van der Waals surface area contributed by atoms with Crippen LogP contribution in [0.2, 0.25) is 0 Å². The van der Waals surface area contributed by atoms with Crippen LogP contribution in [0.15, 0.2) is 0 Å². The zero-order chi connectivity index (χ0) is 13.2. The van der Waals surface area contributed by atoms with Crippen LogP contribution < -0.4 is 5.32 Å². The molecule has 2 aliphatic carbocycles. The highest BCUT2D eigenvalue weighted by molar-refractivity contribution is 7.86. The van der Waals surface area contributed by atoms with Crippen LogP contribution in [0, 0.1) is 5.92 Å². The minimum atomic E-state index is -3.23. The van der Waals surface area contributed by atoms with E-state index in [9.17, 15) is 8.42 Å². The molecule has 5 nitrogen and oxygen atoms in total. The maximum atomic E-state index is 12.5. The molecule has 2 saturated carbocycles. The maximum absolute atomic E-state index is 12.5. The van der Waals surface area contributed by atoms with Crippen LogP contribution in [-0.2, 0) is 10.2 Å². The lowest BCUT2D eigenvalue weighted by Gasteiger charge is -2.27. The largest absolute Gasteiger partial charge is 0.320 e. The van der Waals surface area contributed by atoms with E-state index < -0.39 is 10.2 Å². The predicted octanol–water partition coefficient (Wildman–Crippen LogP) is 0.647. The van der Waals surface area contributed by atoms with Gasteiger partial charge < -0.3 is 5.32 Å². The third-order valence-corrected chi connectivity index (χ3v) is 5.69. The van der Waals surface area contributed by atoms with E-state index in [0.29, 0.717) is 12.5 Å². The summed E-state index contributed by atoms with van der Waals surface area (Å²) in [5, 5.41) is 3.05. The van der Waals surface area contributed by atoms with Gasteiger partial charge in [0.15, 0.2) is 0 Å². The van der Waals surface area contributed by atoms with E-state index in [2.05, 4.69) is 5.32 Å². The molecular weight excluding hydrogens is 250 g/mol. The summed E-state index contributed by atoms with van der Waals surface area (Å²) in [6.07, 6.45) is 5.32. The molecule has 0 spiro atoms. The van der Waals surface area contributed by atoms with Crippen molar-refractivity contribution in [2.45, 2.75) is 38.1 Å². The molecule has 0 aromatic heterocycles. The van der Waals surface area contributed by atoms with Gasteiger partial charge in [-0.1, -0.05) is 0 Å². The van der Waals surface area contributed by atoms with Crippen molar-refractivity contribution >= 4 is 10.2 Å². The lowest BCUT2D eigenvalue weighted by molar-refractivity contribution is 0.341. The highest BCUT2D eigenvalue weighted by Gasteiger charge is 2.41. The summed E-state index contributed by atoms with van der Waals surface area (Å²) in [7, 11) is 0.354. The Morgan fingerprint density at radius 3 is 2.39 bits per heavy atom. The van der Waals surface area contributed by atoms with Crippen LogP contribution in [0.5, 0.6) is 0 Å². The maximum Gasteiger partial charge on any atom is 0.281 e. The molecule has 0 radical (unpaired) electrons. The second-order valence-electron chi connectivity index (χ2n) is 5.53. The second kappa shape index (κ2) is 5.86. The molecule has 0 bridgehead atoms. The van der Waals surface area contributed by atoms with Gasteiger partial charge in [-0.3, -0.25) is 0 Å². The highest BCUT2D eigenvalue weighted by Crippen LogP contribution is 2.36. The summed E-state index contributed by atoms with van der Waals surface area (Å²) in [6.45, 7) is 2.19. The Bertz CT molecular complexity index is 364. The molecule has 0 saturated heterocycles. The van der Waals surface area contributed by atoms with Crippen molar-refractivity contribution in [3.05, 3.63) is 0 Å². The van der Waals surface area contributed by atoms with Crippen molar-refractivity contribution in [2.24, 2.45) is 5.92 Å². The van der Waals surface area contributed by atoms with E-state index in [-0.39, 0.29) is 6.04 Å². The molecule has 2 rings (SSSR count). The van der Waals surface area contributed by atoms with Crippen molar-refractivity contribution in [2.75, 3.05) is 33.7 Å². The normalized spacial score (nSPS) is 20.9. The number of nitrogens with zero attached hydrogens (tertiary/aromatic N) is 2. The van der Waals surface area contributed by atoms with Crippen molar-refractivity contribution in [1.82, 2.24) is 13.9 Å². The molecule has 2 fully saturated rings. The quantitative estimate of drug-likeness (QED) is 0.629. The van der Waals surface area contributed by atoms with E-state index in [1.165, 1.54) is 17.1 Å². The Labute approximate surface area is 111 Å². The van der Waals surface area contributed by atoms with Gasteiger partial charge in [0.1, 0.15) is 0 Å². The zero-order valence-corrected chi connectivity index (χ0v) is 12.2. The molecule has 106 valence electrons. The van der Waals surface area contributed by atoms with Crippen molar-refractivity contribution < 1.29 is 8.42 Å². The fourth-order valence-corrected chi connectivity index (χ4v) is 3.83. The highest BCUT2D eigenvalue weighted by atomic mass is 32.2. The van der Waals surface area contributed by atoms with E-state index in [1.54, 1.807) is 11.4 Å². The smallest absolute Gasteiger partial charge is 0.281 e. The summed E-state index contributed by atoms with van der Waals surface area (Å²) in [5.41, 5.74) is 0. The van der Waals surface area contributed by atoms with Crippen molar-refractivity contribution in [3.8, 4) is 0 Å². The lowest BCUT2D eigenvalue weighted by Crippen LogP contribution is -2.44. The van der Waals surface area contributed by atoms with E-state index >= 15 is 0 Å². The summed E-state index contributed by atoms with van der Waals surface area (Å²) in [4.78, 5) is 0. The summed E-state index contributed by atoms with van der Waals surface area (Å²) < 4.78 is 28.3. The van der Waals surface area contributed by atoms with Gasteiger partial charge in [-0.2, -0.15) is 17.0 Å². The minimum absolute atomic E-state index is 0.280. The molecule has 0 amide bonds. The first-order valence-electron chi connectivity index (χ1n) is 6.93. The van der Waals surface area contributed by atoms with Gasteiger partial charge in [-0.25, -0.2) is 0 Å². The van der Waals surface area contributed by atoms with E-state index in [4.69, 9.17) is 0 Å².